The van der Waals surface area contributed by atoms with Gasteiger partial charge in [-0.1, -0.05) is 243 Å². The second kappa shape index (κ2) is 54.2. The number of amides is 1. The molecule has 74 heavy (non-hydrogen) atoms. The minimum absolute atomic E-state index is 0.0157. The van der Waals surface area contributed by atoms with Crippen LogP contribution < -0.4 is 10.2 Å². The summed E-state index contributed by atoms with van der Waals surface area (Å²) in [6.45, 7) is 4.49. The molecule has 0 aromatic heterocycles. The van der Waals surface area contributed by atoms with Crippen molar-refractivity contribution in [3.8, 4) is 0 Å². The number of nitrogens with zero attached hydrogens (tertiary/aromatic N) is 1. The van der Waals surface area contributed by atoms with Crippen molar-refractivity contribution in [1.29, 1.82) is 0 Å². The third kappa shape index (κ3) is 56.1. The fourth-order valence-electron chi connectivity index (χ4n) is 7.51. The van der Waals surface area contributed by atoms with Gasteiger partial charge in [0.25, 0.3) is 7.82 Å². The molecular formula is C65H109N2O6P. The maximum absolute atomic E-state index is 12.9. The number of phosphoric acid groups is 1. The molecule has 0 aromatic rings. The normalized spacial score (nSPS) is 15.0. The van der Waals surface area contributed by atoms with Crippen LogP contribution in [0.4, 0.5) is 0 Å². The van der Waals surface area contributed by atoms with E-state index in [0.29, 0.717) is 23.9 Å². The summed E-state index contributed by atoms with van der Waals surface area (Å²) in [6, 6.07) is -0.915. The van der Waals surface area contributed by atoms with Gasteiger partial charge in [0.15, 0.2) is 0 Å². The molecule has 0 spiro atoms. The second-order valence-electron chi connectivity index (χ2n) is 20.3. The first-order valence-electron chi connectivity index (χ1n) is 29.2. The average Bonchev–Trinajstić information content (AvgIpc) is 3.36. The predicted molar refractivity (Wildman–Crippen MR) is 320 cm³/mol. The number of rotatable bonds is 51. The van der Waals surface area contributed by atoms with E-state index in [2.05, 4.69) is 153 Å². The highest BCUT2D eigenvalue weighted by atomic mass is 31.2. The van der Waals surface area contributed by atoms with Crippen LogP contribution in [0.1, 0.15) is 206 Å². The number of allylic oxidation sites excluding steroid dienone is 23. The molecule has 0 saturated heterocycles. The van der Waals surface area contributed by atoms with Gasteiger partial charge in [0, 0.05) is 6.42 Å². The fraction of sp³-hybridized carbons (Fsp3) is 0.615. The summed E-state index contributed by atoms with van der Waals surface area (Å²) >= 11 is 0. The van der Waals surface area contributed by atoms with Gasteiger partial charge in [-0.15, -0.1) is 0 Å². The molecule has 0 aliphatic rings. The maximum Gasteiger partial charge on any atom is 0.268 e. The quantitative estimate of drug-likeness (QED) is 0.0272. The van der Waals surface area contributed by atoms with Crippen molar-refractivity contribution in [2.45, 2.75) is 219 Å². The van der Waals surface area contributed by atoms with E-state index in [-0.39, 0.29) is 12.5 Å². The van der Waals surface area contributed by atoms with E-state index in [1.54, 1.807) is 6.08 Å². The van der Waals surface area contributed by atoms with Crippen LogP contribution in [-0.2, 0) is 18.4 Å². The topological polar surface area (TPSA) is 108 Å². The van der Waals surface area contributed by atoms with Crippen LogP contribution in [0.3, 0.4) is 0 Å². The van der Waals surface area contributed by atoms with Crippen LogP contribution in [0.5, 0.6) is 0 Å². The van der Waals surface area contributed by atoms with Gasteiger partial charge in [-0.05, 0) is 103 Å². The van der Waals surface area contributed by atoms with Crippen molar-refractivity contribution in [1.82, 2.24) is 5.32 Å². The number of aliphatic hydroxyl groups is 1. The standard InChI is InChI=1S/C65H109N2O6P/c1-6-8-10-12-14-16-18-20-22-23-24-25-26-27-28-29-30-31-32-33-34-35-36-37-38-39-40-41-42-43-45-47-49-51-53-55-57-59-65(69)66-63(62-73-74(70,71)72-61-60-67(3,4)5)64(68)58-56-54-52-50-48-46-44-21-19-17-15-13-11-9-7-2/h8,10,14,16,20,22,24-25,27-28,30-31,33-34,36-37,39-40,42-43,47,49,56,58,63-64,68H,6-7,9,11-13,15,17-19,21,23,26,29,32,35,38,41,44-46,48,50-55,57,59-62H2,1-5H3,(H-,66,69,70,71)/b10-8-,16-14-,22-20-,25-24-,28-27-,31-30-,34-33-,37-36-,40-39-,43-42-,49-47-,58-56+. The number of likely N-dealkylation sites (N-methyl/N-ethyl adjacent to an activating group) is 1. The molecule has 2 N–H and O–H groups in total. The Balaban J connectivity index is 4.28. The molecule has 0 radical (unpaired) electrons. The number of quaternary nitrogens is 1. The monoisotopic (exact) mass is 1040 g/mol. The summed E-state index contributed by atoms with van der Waals surface area (Å²) in [5, 5.41) is 13.8. The van der Waals surface area contributed by atoms with Gasteiger partial charge in [-0.3, -0.25) is 9.36 Å². The Morgan fingerprint density at radius 3 is 1.20 bits per heavy atom. The van der Waals surface area contributed by atoms with Crippen LogP contribution in [0.2, 0.25) is 0 Å². The molecule has 0 bridgehead atoms. The van der Waals surface area contributed by atoms with Crippen LogP contribution in [0.25, 0.3) is 0 Å². The molecule has 8 nitrogen and oxygen atoms in total. The zero-order valence-corrected chi connectivity index (χ0v) is 48.6. The summed E-state index contributed by atoms with van der Waals surface area (Å²) in [6.07, 6.45) is 83.5. The van der Waals surface area contributed by atoms with E-state index in [1.807, 2.05) is 27.2 Å². The van der Waals surface area contributed by atoms with E-state index in [9.17, 15) is 19.4 Å². The van der Waals surface area contributed by atoms with Crippen LogP contribution in [0.15, 0.2) is 146 Å². The molecule has 9 heteroatoms. The lowest BCUT2D eigenvalue weighted by molar-refractivity contribution is -0.870. The highest BCUT2D eigenvalue weighted by molar-refractivity contribution is 7.45. The fourth-order valence-corrected chi connectivity index (χ4v) is 8.23. The summed E-state index contributed by atoms with van der Waals surface area (Å²) in [4.78, 5) is 25.5. The molecule has 0 rings (SSSR count). The molecule has 1 amide bonds. The van der Waals surface area contributed by atoms with E-state index < -0.39 is 26.6 Å². The third-order valence-electron chi connectivity index (χ3n) is 12.1. The minimum atomic E-state index is -4.61. The molecule has 0 saturated carbocycles. The SMILES string of the molecule is CC/C=C\C/C=C\C/C=C\C/C=C\C/C=C\C/C=C\C/C=C\C/C=C\C/C=C\C/C=C\C/C=C\CCCCCC(=O)NC(COP(=O)([O-])OCC[N+](C)(C)C)C(O)/C=C/CCCCCCCCCCCCCCC. The molecule has 0 heterocycles. The molecule has 0 aliphatic heterocycles. The molecule has 3 unspecified atom stereocenters. The number of carbonyl (C=O) groups is 1. The molecule has 0 aliphatic carbocycles. The largest absolute Gasteiger partial charge is 0.756 e. The van der Waals surface area contributed by atoms with Gasteiger partial charge >= 0.3 is 0 Å². The van der Waals surface area contributed by atoms with Crippen molar-refractivity contribution in [2.24, 2.45) is 0 Å². The molecular weight excluding hydrogens is 936 g/mol. The van der Waals surface area contributed by atoms with Crippen LogP contribution in [0, 0.1) is 0 Å². The van der Waals surface area contributed by atoms with Crippen molar-refractivity contribution < 1.29 is 32.9 Å². The Kier molecular flexibility index (Phi) is 51.5. The number of hydrogen-bond acceptors (Lipinski definition) is 6. The number of hydrogen-bond donors (Lipinski definition) is 2. The van der Waals surface area contributed by atoms with Crippen molar-refractivity contribution in [3.05, 3.63) is 146 Å². The predicted octanol–water partition coefficient (Wildman–Crippen LogP) is 17.5. The first-order valence-corrected chi connectivity index (χ1v) is 30.7. The Morgan fingerprint density at radius 2 is 0.824 bits per heavy atom. The third-order valence-corrected chi connectivity index (χ3v) is 13.0. The van der Waals surface area contributed by atoms with Gasteiger partial charge in [0.05, 0.1) is 39.9 Å². The van der Waals surface area contributed by atoms with Gasteiger partial charge in [0.2, 0.25) is 5.91 Å². The summed E-state index contributed by atoms with van der Waals surface area (Å²) in [5.41, 5.74) is 0. The van der Waals surface area contributed by atoms with E-state index in [0.717, 1.165) is 109 Å². The van der Waals surface area contributed by atoms with Gasteiger partial charge in [-0.25, -0.2) is 0 Å². The lowest BCUT2D eigenvalue weighted by atomic mass is 10.0. The highest BCUT2D eigenvalue weighted by Crippen LogP contribution is 2.38. The molecule has 0 aromatic carbocycles. The number of unbranched alkanes of at least 4 members (excludes halogenated alkanes) is 16. The summed E-state index contributed by atoms with van der Waals surface area (Å²) < 4.78 is 23.3. The molecule has 0 fully saturated rings. The van der Waals surface area contributed by atoms with Crippen LogP contribution in [-0.4, -0.2) is 68.5 Å². The van der Waals surface area contributed by atoms with Gasteiger partial charge in [0.1, 0.15) is 13.2 Å². The number of phosphoric ester groups is 1. The van der Waals surface area contributed by atoms with E-state index in [4.69, 9.17) is 9.05 Å². The van der Waals surface area contributed by atoms with Gasteiger partial charge < -0.3 is 28.8 Å². The minimum Gasteiger partial charge on any atom is -0.756 e. The lowest BCUT2D eigenvalue weighted by Gasteiger charge is -2.29. The average molecular weight is 1050 g/mol. The Morgan fingerprint density at radius 1 is 0.486 bits per heavy atom. The highest BCUT2D eigenvalue weighted by Gasteiger charge is 2.23. The van der Waals surface area contributed by atoms with Crippen LogP contribution >= 0.6 is 7.82 Å². The van der Waals surface area contributed by atoms with Crippen molar-refractivity contribution in [2.75, 3.05) is 40.9 Å². The number of nitrogens with one attached hydrogen (secondary N) is 1. The Bertz CT molecular complexity index is 1710. The Hall–Kier alpha value is -3.62. The number of carbonyl (C=O) groups excluding carboxylic acids is 1. The van der Waals surface area contributed by atoms with E-state index >= 15 is 0 Å². The van der Waals surface area contributed by atoms with Crippen molar-refractivity contribution >= 4 is 13.7 Å². The zero-order valence-electron chi connectivity index (χ0n) is 47.7. The molecule has 420 valence electrons. The van der Waals surface area contributed by atoms with Gasteiger partial charge in [-0.2, -0.15) is 0 Å². The van der Waals surface area contributed by atoms with E-state index in [1.165, 1.54) is 70.6 Å². The summed E-state index contributed by atoms with van der Waals surface area (Å²) in [5.74, 6) is -0.236. The first-order chi connectivity index (χ1) is 36.0. The zero-order chi connectivity index (χ0) is 54.2. The second-order valence-corrected chi connectivity index (χ2v) is 21.7. The first kappa shape index (κ1) is 70.4. The Labute approximate surface area is 455 Å². The molecule has 3 atom stereocenters. The number of aliphatic hydroxyl groups excluding tert-OH is 1. The van der Waals surface area contributed by atoms with Crippen molar-refractivity contribution in [3.63, 3.8) is 0 Å². The summed E-state index contributed by atoms with van der Waals surface area (Å²) in [7, 11) is 1.22. The maximum atomic E-state index is 12.9. The smallest absolute Gasteiger partial charge is 0.268 e. The lowest BCUT2D eigenvalue weighted by Crippen LogP contribution is -2.45.